The first-order chi connectivity index (χ1) is 19.8. The van der Waals surface area contributed by atoms with E-state index in [4.69, 9.17) is 18.6 Å². The SMILES string of the molecule is COc1cccc(-c2cc(C(=O)Nc3cc4ccc(OC5CCCN(C(C)=O)C5)c(C)c4oc3=O)ccc2OC)c1. The number of hydrogen-bond donors (Lipinski definition) is 1. The van der Waals surface area contributed by atoms with E-state index in [9.17, 15) is 14.4 Å². The fourth-order valence-corrected chi connectivity index (χ4v) is 5.08. The van der Waals surface area contributed by atoms with Gasteiger partial charge in [-0.25, -0.2) is 4.79 Å². The third-order valence-electron chi connectivity index (χ3n) is 7.31. The summed E-state index contributed by atoms with van der Waals surface area (Å²) in [4.78, 5) is 39.7. The average molecular weight is 557 g/mol. The minimum Gasteiger partial charge on any atom is -0.497 e. The number of aryl methyl sites for hydroxylation is 1. The lowest BCUT2D eigenvalue weighted by Crippen LogP contribution is -2.43. The van der Waals surface area contributed by atoms with Gasteiger partial charge in [0.2, 0.25) is 5.91 Å². The first-order valence-electron chi connectivity index (χ1n) is 13.4. The Morgan fingerprint density at radius 3 is 2.56 bits per heavy atom. The largest absolute Gasteiger partial charge is 0.497 e. The van der Waals surface area contributed by atoms with E-state index in [1.54, 1.807) is 56.4 Å². The van der Waals surface area contributed by atoms with E-state index in [1.165, 1.54) is 0 Å². The van der Waals surface area contributed by atoms with Gasteiger partial charge in [0.05, 0.1) is 20.8 Å². The van der Waals surface area contributed by atoms with Crippen LogP contribution in [0.25, 0.3) is 22.1 Å². The molecule has 9 heteroatoms. The summed E-state index contributed by atoms with van der Waals surface area (Å²) in [5.41, 5.74) is 2.28. The number of hydrogen-bond acceptors (Lipinski definition) is 7. The number of anilines is 1. The highest BCUT2D eigenvalue weighted by Gasteiger charge is 2.24. The molecular formula is C32H32N2O7. The normalized spacial score (nSPS) is 14.9. The molecule has 0 radical (unpaired) electrons. The van der Waals surface area contributed by atoms with Crippen LogP contribution in [0.4, 0.5) is 5.69 Å². The van der Waals surface area contributed by atoms with E-state index < -0.39 is 11.5 Å². The predicted octanol–water partition coefficient (Wildman–Crippen LogP) is 5.43. The zero-order valence-corrected chi connectivity index (χ0v) is 23.5. The van der Waals surface area contributed by atoms with Gasteiger partial charge < -0.3 is 28.8 Å². The molecule has 1 N–H and O–H groups in total. The molecule has 0 saturated carbocycles. The number of carbonyl (C=O) groups is 2. The maximum atomic E-state index is 13.2. The van der Waals surface area contributed by atoms with Crippen molar-refractivity contribution < 1.29 is 28.2 Å². The van der Waals surface area contributed by atoms with Crippen molar-refractivity contribution in [3.05, 3.63) is 82.2 Å². The van der Waals surface area contributed by atoms with Crippen molar-refractivity contribution in [2.45, 2.75) is 32.8 Å². The molecule has 41 heavy (non-hydrogen) atoms. The molecule has 1 fully saturated rings. The van der Waals surface area contributed by atoms with Gasteiger partial charge in [0.25, 0.3) is 5.91 Å². The highest BCUT2D eigenvalue weighted by atomic mass is 16.5. The summed E-state index contributed by atoms with van der Waals surface area (Å²) >= 11 is 0. The number of likely N-dealkylation sites (tertiary alicyclic amines) is 1. The van der Waals surface area contributed by atoms with Crippen LogP contribution in [0.15, 0.2) is 69.9 Å². The van der Waals surface area contributed by atoms with Gasteiger partial charge in [-0.2, -0.15) is 0 Å². The minimum absolute atomic E-state index is 0.0266. The summed E-state index contributed by atoms with van der Waals surface area (Å²) in [6.45, 7) is 4.63. The molecule has 2 heterocycles. The van der Waals surface area contributed by atoms with E-state index in [0.29, 0.717) is 51.5 Å². The summed E-state index contributed by atoms with van der Waals surface area (Å²) < 4.78 is 22.7. The monoisotopic (exact) mass is 556 g/mol. The number of ether oxygens (including phenoxy) is 3. The van der Waals surface area contributed by atoms with Crippen molar-refractivity contribution in [1.82, 2.24) is 4.90 Å². The summed E-state index contributed by atoms with van der Waals surface area (Å²) in [5, 5.41) is 3.34. The lowest BCUT2D eigenvalue weighted by Gasteiger charge is -2.32. The van der Waals surface area contributed by atoms with E-state index in [-0.39, 0.29) is 17.7 Å². The number of rotatable bonds is 7. The van der Waals surface area contributed by atoms with Crippen LogP contribution in [0.2, 0.25) is 0 Å². The standard InChI is InChI=1S/C32H32N2O7/c1-19-28(40-25-9-6-14-34(18-25)20(2)35)12-10-22-17-27(32(37)41-30(19)22)33-31(36)23-11-13-29(39-4)26(16-23)21-7-5-8-24(15-21)38-3/h5,7-8,10-13,15-17,25H,6,9,14,18H2,1-4H3,(H,33,36). The van der Waals surface area contributed by atoms with Crippen molar-refractivity contribution in [2.75, 3.05) is 32.6 Å². The number of carbonyl (C=O) groups excluding carboxylic acids is 2. The Kier molecular flexibility index (Phi) is 7.96. The molecule has 1 aromatic heterocycles. The third-order valence-corrected chi connectivity index (χ3v) is 7.31. The van der Waals surface area contributed by atoms with Crippen molar-refractivity contribution >= 4 is 28.5 Å². The fourth-order valence-electron chi connectivity index (χ4n) is 5.08. The molecule has 1 unspecified atom stereocenters. The molecule has 5 rings (SSSR count). The van der Waals surface area contributed by atoms with Crippen LogP contribution in [-0.4, -0.2) is 50.1 Å². The van der Waals surface area contributed by atoms with Gasteiger partial charge in [0.15, 0.2) is 0 Å². The molecule has 1 aliphatic heterocycles. The summed E-state index contributed by atoms with van der Waals surface area (Å²) in [6, 6.07) is 17.7. The van der Waals surface area contributed by atoms with Crippen LogP contribution in [0.1, 0.15) is 35.7 Å². The van der Waals surface area contributed by atoms with Crippen LogP contribution in [-0.2, 0) is 4.79 Å². The first-order valence-corrected chi connectivity index (χ1v) is 13.4. The molecule has 1 atom stereocenters. The van der Waals surface area contributed by atoms with Crippen LogP contribution in [0, 0.1) is 6.92 Å². The van der Waals surface area contributed by atoms with Crippen molar-refractivity contribution in [1.29, 1.82) is 0 Å². The predicted molar refractivity (Wildman–Crippen MR) is 156 cm³/mol. The van der Waals surface area contributed by atoms with Crippen molar-refractivity contribution in [3.63, 3.8) is 0 Å². The van der Waals surface area contributed by atoms with E-state index in [1.807, 2.05) is 37.3 Å². The van der Waals surface area contributed by atoms with Gasteiger partial charge >= 0.3 is 5.63 Å². The molecule has 0 bridgehead atoms. The minimum atomic E-state index is -0.673. The molecule has 9 nitrogen and oxygen atoms in total. The van der Waals surface area contributed by atoms with Crippen LogP contribution < -0.4 is 25.2 Å². The molecule has 0 spiro atoms. The smallest absolute Gasteiger partial charge is 0.360 e. The summed E-state index contributed by atoms with van der Waals surface area (Å²) in [7, 11) is 3.15. The molecule has 1 aliphatic rings. The first kappa shape index (κ1) is 27.8. The molecule has 212 valence electrons. The molecular weight excluding hydrogens is 524 g/mol. The number of methoxy groups -OCH3 is 2. The molecule has 2 amide bonds. The summed E-state index contributed by atoms with van der Waals surface area (Å²) in [6.07, 6.45) is 1.56. The van der Waals surface area contributed by atoms with E-state index >= 15 is 0 Å². The van der Waals surface area contributed by atoms with Crippen molar-refractivity contribution in [3.8, 4) is 28.4 Å². The van der Waals surface area contributed by atoms with Gasteiger partial charge in [0, 0.05) is 35.5 Å². The number of fused-ring (bicyclic) bond motifs is 1. The van der Waals surface area contributed by atoms with Crippen LogP contribution in [0.3, 0.4) is 0 Å². The Morgan fingerprint density at radius 1 is 1.00 bits per heavy atom. The zero-order chi connectivity index (χ0) is 29.1. The Morgan fingerprint density at radius 2 is 1.80 bits per heavy atom. The van der Waals surface area contributed by atoms with Gasteiger partial charge in [-0.1, -0.05) is 12.1 Å². The molecule has 0 aliphatic carbocycles. The molecule has 4 aromatic rings. The number of nitrogens with zero attached hydrogens (tertiary/aromatic N) is 1. The Balaban J connectivity index is 1.39. The Bertz CT molecular complexity index is 1680. The van der Waals surface area contributed by atoms with Gasteiger partial charge in [-0.3, -0.25) is 9.59 Å². The maximum absolute atomic E-state index is 13.2. The second kappa shape index (κ2) is 11.8. The maximum Gasteiger partial charge on any atom is 0.360 e. The van der Waals surface area contributed by atoms with Crippen LogP contribution >= 0.6 is 0 Å². The summed E-state index contributed by atoms with van der Waals surface area (Å²) in [5.74, 6) is 1.42. The number of piperidine rings is 1. The van der Waals surface area contributed by atoms with Gasteiger partial charge in [0.1, 0.15) is 34.6 Å². The Labute approximate surface area is 237 Å². The lowest BCUT2D eigenvalue weighted by molar-refractivity contribution is -0.131. The fraction of sp³-hybridized carbons (Fsp3) is 0.281. The zero-order valence-electron chi connectivity index (χ0n) is 23.5. The van der Waals surface area contributed by atoms with Crippen LogP contribution in [0.5, 0.6) is 17.2 Å². The lowest BCUT2D eigenvalue weighted by atomic mass is 10.0. The topological polar surface area (TPSA) is 107 Å². The van der Waals surface area contributed by atoms with Gasteiger partial charge in [-0.05, 0) is 73.9 Å². The second-order valence-corrected chi connectivity index (χ2v) is 10.0. The quantitative estimate of drug-likeness (QED) is 0.303. The molecule has 3 aromatic carbocycles. The van der Waals surface area contributed by atoms with Gasteiger partial charge in [-0.15, -0.1) is 0 Å². The van der Waals surface area contributed by atoms with E-state index in [0.717, 1.165) is 24.9 Å². The van der Waals surface area contributed by atoms with Crippen molar-refractivity contribution in [2.24, 2.45) is 0 Å². The Hall–Kier alpha value is -4.79. The number of nitrogens with one attached hydrogen (secondary N) is 1. The van der Waals surface area contributed by atoms with E-state index in [2.05, 4.69) is 5.32 Å². The highest BCUT2D eigenvalue weighted by Crippen LogP contribution is 2.33. The third kappa shape index (κ3) is 5.89. The second-order valence-electron chi connectivity index (χ2n) is 10.0. The highest BCUT2D eigenvalue weighted by molar-refractivity contribution is 6.05. The average Bonchev–Trinajstić information content (AvgIpc) is 2.99. The molecule has 1 saturated heterocycles. The number of benzene rings is 3. The number of amides is 2.